The average Bonchev–Trinajstić information content (AvgIpc) is 2.14. The summed E-state index contributed by atoms with van der Waals surface area (Å²) in [5.41, 5.74) is -0.968. The summed E-state index contributed by atoms with van der Waals surface area (Å²) in [6, 6.07) is 0. The summed E-state index contributed by atoms with van der Waals surface area (Å²) in [5, 5.41) is 19.3. The molecule has 0 aliphatic carbocycles. The quantitative estimate of drug-likeness (QED) is 0.754. The fourth-order valence-corrected chi connectivity index (χ4v) is 3.18. The van der Waals surface area contributed by atoms with Crippen LogP contribution in [0.2, 0.25) is 0 Å². The summed E-state index contributed by atoms with van der Waals surface area (Å²) in [5.74, 6) is 0.183. The van der Waals surface area contributed by atoms with E-state index in [9.17, 15) is 9.90 Å². The number of hydrogen-bond donors (Lipinski definition) is 2. The molecule has 1 aliphatic heterocycles. The van der Waals surface area contributed by atoms with Gasteiger partial charge in [0.1, 0.15) is 0 Å². The lowest BCUT2D eigenvalue weighted by Gasteiger charge is -2.36. The summed E-state index contributed by atoms with van der Waals surface area (Å²) < 4.78 is 0. The van der Waals surface area contributed by atoms with Crippen LogP contribution in [-0.4, -0.2) is 33.3 Å². The van der Waals surface area contributed by atoms with Gasteiger partial charge in [-0.3, -0.25) is 4.79 Å². The number of carboxylic acid groups (broad SMARTS) is 1. The van der Waals surface area contributed by atoms with Gasteiger partial charge in [-0.1, -0.05) is 13.3 Å². The highest BCUT2D eigenvalue weighted by atomic mass is 32.2. The Morgan fingerprint density at radius 3 is 2.79 bits per heavy atom. The molecule has 0 amide bonds. The molecule has 2 unspecified atom stereocenters. The van der Waals surface area contributed by atoms with Crippen molar-refractivity contribution < 1.29 is 15.0 Å². The van der Waals surface area contributed by atoms with E-state index in [0.717, 1.165) is 18.6 Å². The second-order valence-electron chi connectivity index (χ2n) is 3.94. The maximum atomic E-state index is 11.0. The van der Waals surface area contributed by atoms with Gasteiger partial charge >= 0.3 is 5.97 Å². The van der Waals surface area contributed by atoms with Gasteiger partial charge < -0.3 is 10.2 Å². The molecule has 2 atom stereocenters. The molecular formula is C10H18O3S. The lowest BCUT2D eigenvalue weighted by atomic mass is 9.82. The highest BCUT2D eigenvalue weighted by Gasteiger charge is 2.41. The molecule has 0 aromatic rings. The van der Waals surface area contributed by atoms with E-state index in [2.05, 4.69) is 0 Å². The maximum absolute atomic E-state index is 11.0. The molecule has 3 nitrogen and oxygen atoms in total. The van der Waals surface area contributed by atoms with Gasteiger partial charge in [0.25, 0.3) is 0 Å². The first-order chi connectivity index (χ1) is 6.60. The lowest BCUT2D eigenvalue weighted by Crippen LogP contribution is -2.46. The molecule has 0 saturated carbocycles. The van der Waals surface area contributed by atoms with E-state index in [1.165, 1.54) is 0 Å². The normalized spacial score (nSPS) is 29.9. The summed E-state index contributed by atoms with van der Waals surface area (Å²) in [6.07, 6.45) is 2.95. The highest BCUT2D eigenvalue weighted by molar-refractivity contribution is 7.99. The van der Waals surface area contributed by atoms with E-state index in [1.807, 2.05) is 6.92 Å². The van der Waals surface area contributed by atoms with Crippen LogP contribution in [0.5, 0.6) is 0 Å². The molecular weight excluding hydrogens is 200 g/mol. The molecule has 1 saturated heterocycles. The van der Waals surface area contributed by atoms with Gasteiger partial charge in [0.05, 0.1) is 11.5 Å². The monoisotopic (exact) mass is 218 g/mol. The van der Waals surface area contributed by atoms with Crippen LogP contribution >= 0.6 is 11.8 Å². The van der Waals surface area contributed by atoms with Gasteiger partial charge in [0.2, 0.25) is 0 Å². The predicted octanol–water partition coefficient (Wildman–Crippen LogP) is 1.75. The molecule has 0 spiro atoms. The third-order valence-electron chi connectivity index (χ3n) is 2.77. The standard InChI is InChI=1S/C10H18O3S/c1-2-4-8(9(11)12)10(13)5-3-6-14-7-10/h8,13H,2-7H2,1H3,(H,11,12). The summed E-state index contributed by atoms with van der Waals surface area (Å²) in [4.78, 5) is 11.0. The second kappa shape index (κ2) is 5.03. The van der Waals surface area contributed by atoms with Gasteiger partial charge in [-0.05, 0) is 25.0 Å². The summed E-state index contributed by atoms with van der Waals surface area (Å²) >= 11 is 1.66. The van der Waals surface area contributed by atoms with Gasteiger partial charge in [0.15, 0.2) is 0 Å². The van der Waals surface area contributed by atoms with Crippen LogP contribution in [0.3, 0.4) is 0 Å². The van der Waals surface area contributed by atoms with E-state index < -0.39 is 17.5 Å². The van der Waals surface area contributed by atoms with Crippen molar-refractivity contribution in [1.82, 2.24) is 0 Å². The fraction of sp³-hybridized carbons (Fsp3) is 0.900. The Kier molecular flexibility index (Phi) is 4.26. The van der Waals surface area contributed by atoms with E-state index in [1.54, 1.807) is 11.8 Å². The maximum Gasteiger partial charge on any atom is 0.309 e. The van der Waals surface area contributed by atoms with Gasteiger partial charge in [-0.2, -0.15) is 11.8 Å². The zero-order valence-electron chi connectivity index (χ0n) is 8.53. The number of thioether (sulfide) groups is 1. The molecule has 1 rings (SSSR count). The zero-order chi connectivity index (χ0) is 10.6. The smallest absolute Gasteiger partial charge is 0.309 e. The van der Waals surface area contributed by atoms with Crippen molar-refractivity contribution in [2.75, 3.05) is 11.5 Å². The number of carboxylic acids is 1. The van der Waals surface area contributed by atoms with E-state index in [0.29, 0.717) is 18.6 Å². The largest absolute Gasteiger partial charge is 0.481 e. The summed E-state index contributed by atoms with van der Waals surface area (Å²) in [7, 11) is 0. The fourth-order valence-electron chi connectivity index (χ4n) is 1.99. The number of carbonyl (C=O) groups is 1. The molecule has 1 fully saturated rings. The van der Waals surface area contributed by atoms with E-state index in [4.69, 9.17) is 5.11 Å². The molecule has 4 heteroatoms. The predicted molar refractivity (Wildman–Crippen MR) is 57.5 cm³/mol. The Morgan fingerprint density at radius 2 is 2.36 bits per heavy atom. The van der Waals surface area contributed by atoms with Crippen LogP contribution in [0, 0.1) is 5.92 Å². The Balaban J connectivity index is 2.68. The van der Waals surface area contributed by atoms with Crippen LogP contribution in [0.1, 0.15) is 32.6 Å². The minimum atomic E-state index is -0.968. The van der Waals surface area contributed by atoms with Crippen LogP contribution in [-0.2, 0) is 4.79 Å². The van der Waals surface area contributed by atoms with E-state index in [-0.39, 0.29) is 0 Å². The Bertz CT molecular complexity index is 200. The van der Waals surface area contributed by atoms with Crippen molar-refractivity contribution in [2.24, 2.45) is 5.92 Å². The number of aliphatic hydroxyl groups is 1. The average molecular weight is 218 g/mol. The van der Waals surface area contributed by atoms with Crippen molar-refractivity contribution in [3.05, 3.63) is 0 Å². The Labute approximate surface area is 88.9 Å². The van der Waals surface area contributed by atoms with Crippen molar-refractivity contribution >= 4 is 17.7 Å². The number of rotatable bonds is 4. The topological polar surface area (TPSA) is 57.5 Å². The number of aliphatic carboxylic acids is 1. The SMILES string of the molecule is CCCC(C(=O)O)C1(O)CCCSC1. The molecule has 0 aromatic carbocycles. The van der Waals surface area contributed by atoms with Gasteiger partial charge in [0, 0.05) is 5.75 Å². The molecule has 0 radical (unpaired) electrons. The molecule has 14 heavy (non-hydrogen) atoms. The lowest BCUT2D eigenvalue weighted by molar-refractivity contribution is -0.151. The second-order valence-corrected chi connectivity index (χ2v) is 5.04. The van der Waals surface area contributed by atoms with Gasteiger partial charge in [-0.25, -0.2) is 0 Å². The van der Waals surface area contributed by atoms with Crippen LogP contribution in [0.25, 0.3) is 0 Å². The highest BCUT2D eigenvalue weighted by Crippen LogP contribution is 2.35. The van der Waals surface area contributed by atoms with Crippen molar-refractivity contribution in [1.29, 1.82) is 0 Å². The van der Waals surface area contributed by atoms with Crippen molar-refractivity contribution in [2.45, 2.75) is 38.2 Å². The first-order valence-electron chi connectivity index (χ1n) is 5.13. The minimum absolute atomic E-state index is 0.573. The third kappa shape index (κ3) is 2.64. The Morgan fingerprint density at radius 1 is 1.64 bits per heavy atom. The zero-order valence-corrected chi connectivity index (χ0v) is 9.35. The Hall–Kier alpha value is -0.220. The van der Waals surface area contributed by atoms with Gasteiger partial charge in [-0.15, -0.1) is 0 Å². The first-order valence-corrected chi connectivity index (χ1v) is 6.28. The minimum Gasteiger partial charge on any atom is -0.481 e. The molecule has 1 aliphatic rings. The molecule has 0 bridgehead atoms. The van der Waals surface area contributed by atoms with Crippen LogP contribution < -0.4 is 0 Å². The van der Waals surface area contributed by atoms with Crippen LogP contribution in [0.4, 0.5) is 0 Å². The molecule has 0 aromatic heterocycles. The number of hydrogen-bond acceptors (Lipinski definition) is 3. The summed E-state index contributed by atoms with van der Waals surface area (Å²) in [6.45, 7) is 1.95. The molecule has 1 heterocycles. The van der Waals surface area contributed by atoms with Crippen LogP contribution in [0.15, 0.2) is 0 Å². The van der Waals surface area contributed by atoms with Crippen molar-refractivity contribution in [3.8, 4) is 0 Å². The van der Waals surface area contributed by atoms with E-state index >= 15 is 0 Å². The molecule has 2 N–H and O–H groups in total. The van der Waals surface area contributed by atoms with Crippen molar-refractivity contribution in [3.63, 3.8) is 0 Å². The molecule has 82 valence electrons. The first kappa shape index (κ1) is 11.9. The third-order valence-corrected chi connectivity index (χ3v) is 4.06.